The van der Waals surface area contributed by atoms with Crippen molar-refractivity contribution < 1.29 is 9.53 Å². The molecule has 5 nitrogen and oxygen atoms in total. The fourth-order valence-electron chi connectivity index (χ4n) is 4.22. The summed E-state index contributed by atoms with van der Waals surface area (Å²) in [5, 5.41) is 4.01. The zero-order valence-corrected chi connectivity index (χ0v) is 18.0. The maximum absolute atomic E-state index is 12.6. The van der Waals surface area contributed by atoms with Gasteiger partial charge < -0.3 is 15.0 Å². The molecule has 2 heterocycles. The van der Waals surface area contributed by atoms with Crippen molar-refractivity contribution in [3.8, 4) is 5.75 Å². The van der Waals surface area contributed by atoms with Gasteiger partial charge in [-0.25, -0.2) is 4.98 Å². The molecule has 0 radical (unpaired) electrons. The Hall–Kier alpha value is -3.08. The second kappa shape index (κ2) is 8.74. The van der Waals surface area contributed by atoms with Crippen LogP contribution in [0.3, 0.4) is 0 Å². The van der Waals surface area contributed by atoms with E-state index in [9.17, 15) is 4.79 Å². The molecule has 1 aromatic heterocycles. The van der Waals surface area contributed by atoms with Gasteiger partial charge in [0.15, 0.2) is 6.61 Å². The predicted octanol–water partition coefficient (Wildman–Crippen LogP) is 5.17. The maximum atomic E-state index is 12.6. The smallest absolute Gasteiger partial charge is 0.262 e. The molecule has 5 heteroatoms. The molecule has 1 aliphatic rings. The van der Waals surface area contributed by atoms with Gasteiger partial charge in [-0.15, -0.1) is 0 Å². The molecule has 3 aromatic rings. The Labute approximate surface area is 178 Å². The number of para-hydroxylation sites is 1. The monoisotopic (exact) mass is 403 g/mol. The average Bonchev–Trinajstić information content (AvgIpc) is 2.75. The zero-order chi connectivity index (χ0) is 21.1. The van der Waals surface area contributed by atoms with Gasteiger partial charge in [-0.3, -0.25) is 4.79 Å². The first kappa shape index (κ1) is 20.2. The van der Waals surface area contributed by atoms with Crippen LogP contribution < -0.4 is 15.0 Å². The third-order valence-corrected chi connectivity index (χ3v) is 5.65. The van der Waals surface area contributed by atoms with Crippen LogP contribution in [0.1, 0.15) is 36.0 Å². The molecule has 156 valence electrons. The van der Waals surface area contributed by atoms with E-state index in [0.29, 0.717) is 5.75 Å². The lowest BCUT2D eigenvalue weighted by molar-refractivity contribution is -0.118. The number of rotatable bonds is 5. The fourth-order valence-corrected chi connectivity index (χ4v) is 4.22. The Bertz CT molecular complexity index is 1050. The molecule has 0 aliphatic carbocycles. The largest absolute Gasteiger partial charge is 0.481 e. The van der Waals surface area contributed by atoms with E-state index in [1.165, 1.54) is 24.8 Å². The molecule has 4 rings (SSSR count). The highest BCUT2D eigenvalue weighted by Gasteiger charge is 2.15. The lowest BCUT2D eigenvalue weighted by Gasteiger charge is -2.28. The van der Waals surface area contributed by atoms with Crippen LogP contribution in [-0.4, -0.2) is 30.6 Å². The van der Waals surface area contributed by atoms with Gasteiger partial charge in [0.25, 0.3) is 5.91 Å². The molecule has 2 aromatic carbocycles. The quantitative estimate of drug-likeness (QED) is 0.639. The lowest BCUT2D eigenvalue weighted by atomic mass is 10.1. The summed E-state index contributed by atoms with van der Waals surface area (Å²) >= 11 is 0. The minimum absolute atomic E-state index is 0.0541. The first-order valence-electron chi connectivity index (χ1n) is 10.7. The average molecular weight is 404 g/mol. The van der Waals surface area contributed by atoms with E-state index >= 15 is 0 Å². The third kappa shape index (κ3) is 4.40. The molecule has 0 saturated carbocycles. The molecule has 0 spiro atoms. The molecule has 30 heavy (non-hydrogen) atoms. The van der Waals surface area contributed by atoms with Crippen LogP contribution in [-0.2, 0) is 4.79 Å². The van der Waals surface area contributed by atoms with Gasteiger partial charge in [0, 0.05) is 24.2 Å². The van der Waals surface area contributed by atoms with E-state index in [-0.39, 0.29) is 12.5 Å². The number of aromatic nitrogens is 1. The van der Waals surface area contributed by atoms with Crippen molar-refractivity contribution >= 4 is 28.3 Å². The number of anilines is 2. The van der Waals surface area contributed by atoms with E-state index in [1.807, 2.05) is 32.0 Å². The molecular weight excluding hydrogens is 374 g/mol. The van der Waals surface area contributed by atoms with Crippen LogP contribution in [0.25, 0.3) is 10.9 Å². The van der Waals surface area contributed by atoms with Gasteiger partial charge >= 0.3 is 0 Å². The van der Waals surface area contributed by atoms with Crippen LogP contribution in [0.5, 0.6) is 5.75 Å². The van der Waals surface area contributed by atoms with Gasteiger partial charge in [0.05, 0.1) is 0 Å². The van der Waals surface area contributed by atoms with Gasteiger partial charge in [0.2, 0.25) is 0 Å². The van der Waals surface area contributed by atoms with Crippen molar-refractivity contribution in [3.63, 3.8) is 0 Å². The van der Waals surface area contributed by atoms with E-state index in [4.69, 9.17) is 9.72 Å². The van der Waals surface area contributed by atoms with Crippen molar-refractivity contribution in [2.75, 3.05) is 29.9 Å². The van der Waals surface area contributed by atoms with Crippen molar-refractivity contribution in [3.05, 3.63) is 59.2 Å². The van der Waals surface area contributed by atoms with Crippen LogP contribution in [0.2, 0.25) is 0 Å². The van der Waals surface area contributed by atoms with E-state index in [1.54, 1.807) is 0 Å². The Morgan fingerprint density at radius 2 is 1.77 bits per heavy atom. The summed E-state index contributed by atoms with van der Waals surface area (Å²) in [5.41, 5.74) is 4.96. The summed E-state index contributed by atoms with van der Waals surface area (Å²) in [4.78, 5) is 19.8. The minimum atomic E-state index is -0.172. The highest BCUT2D eigenvalue weighted by Crippen LogP contribution is 2.28. The first-order chi connectivity index (χ1) is 14.5. The number of pyridine rings is 1. The van der Waals surface area contributed by atoms with Crippen molar-refractivity contribution in [2.45, 2.75) is 40.0 Å². The maximum Gasteiger partial charge on any atom is 0.262 e. The van der Waals surface area contributed by atoms with Crippen molar-refractivity contribution in [1.29, 1.82) is 0 Å². The number of fused-ring (bicyclic) bond motifs is 1. The molecule has 0 bridgehead atoms. The van der Waals surface area contributed by atoms with Gasteiger partial charge in [0.1, 0.15) is 17.1 Å². The Balaban J connectivity index is 1.50. The lowest BCUT2D eigenvalue weighted by Crippen LogP contribution is -2.30. The van der Waals surface area contributed by atoms with Crippen LogP contribution in [0.4, 0.5) is 11.5 Å². The number of amides is 1. The van der Waals surface area contributed by atoms with Gasteiger partial charge in [-0.05, 0) is 69.4 Å². The number of benzene rings is 2. The Kier molecular flexibility index (Phi) is 5.88. The normalized spacial score (nSPS) is 14.0. The van der Waals surface area contributed by atoms with Crippen molar-refractivity contribution in [2.24, 2.45) is 0 Å². The topological polar surface area (TPSA) is 54.5 Å². The standard InChI is InChI=1S/C25H29N3O2/c1-17-14-18(2)24(19(3)15-17)27-23(29)16-30-21-9-7-8-20-10-11-22(26-25(20)21)28-12-5-4-6-13-28/h7-11,14-15H,4-6,12-13,16H2,1-3H3,(H,27,29). The van der Waals surface area contributed by atoms with Gasteiger partial charge in [-0.2, -0.15) is 0 Å². The fraction of sp³-hybridized carbons (Fsp3) is 0.360. The Morgan fingerprint density at radius 1 is 1.03 bits per heavy atom. The number of ether oxygens (including phenoxy) is 1. The van der Waals surface area contributed by atoms with E-state index < -0.39 is 0 Å². The SMILES string of the molecule is Cc1cc(C)c(NC(=O)COc2cccc3ccc(N4CCCCC4)nc23)c(C)c1. The van der Waals surface area contributed by atoms with Crippen LogP contribution in [0, 0.1) is 20.8 Å². The number of hydrogen-bond acceptors (Lipinski definition) is 4. The first-order valence-corrected chi connectivity index (χ1v) is 10.7. The highest BCUT2D eigenvalue weighted by molar-refractivity contribution is 5.94. The minimum Gasteiger partial charge on any atom is -0.481 e. The molecule has 1 saturated heterocycles. The summed E-state index contributed by atoms with van der Waals surface area (Å²) in [6.07, 6.45) is 3.69. The summed E-state index contributed by atoms with van der Waals surface area (Å²) < 4.78 is 5.91. The number of piperidine rings is 1. The summed E-state index contributed by atoms with van der Waals surface area (Å²) in [7, 11) is 0. The number of nitrogens with one attached hydrogen (secondary N) is 1. The predicted molar refractivity (Wildman–Crippen MR) is 123 cm³/mol. The number of carbonyl (C=O) groups is 1. The van der Waals surface area contributed by atoms with E-state index in [2.05, 4.69) is 41.4 Å². The molecule has 0 unspecified atom stereocenters. The Morgan fingerprint density at radius 3 is 2.50 bits per heavy atom. The summed E-state index contributed by atoms with van der Waals surface area (Å²) in [6, 6.07) is 14.1. The van der Waals surface area contributed by atoms with E-state index in [0.717, 1.165) is 46.6 Å². The molecule has 1 N–H and O–H groups in total. The summed E-state index contributed by atoms with van der Waals surface area (Å²) in [5.74, 6) is 1.45. The van der Waals surface area contributed by atoms with Crippen LogP contribution in [0.15, 0.2) is 42.5 Å². The molecule has 1 amide bonds. The molecule has 1 aliphatic heterocycles. The second-order valence-electron chi connectivity index (χ2n) is 8.16. The summed E-state index contributed by atoms with van der Waals surface area (Å²) in [6.45, 7) is 8.10. The van der Waals surface area contributed by atoms with Gasteiger partial charge in [-0.1, -0.05) is 29.8 Å². The number of hydrogen-bond donors (Lipinski definition) is 1. The highest BCUT2D eigenvalue weighted by atomic mass is 16.5. The third-order valence-electron chi connectivity index (χ3n) is 5.65. The molecule has 1 fully saturated rings. The zero-order valence-electron chi connectivity index (χ0n) is 18.0. The second-order valence-corrected chi connectivity index (χ2v) is 8.16. The van der Waals surface area contributed by atoms with Crippen molar-refractivity contribution in [1.82, 2.24) is 4.98 Å². The number of carbonyl (C=O) groups excluding carboxylic acids is 1. The number of aryl methyl sites for hydroxylation is 3. The van der Waals surface area contributed by atoms with Crippen LogP contribution >= 0.6 is 0 Å². The molecule has 0 atom stereocenters. The molecular formula is C25H29N3O2. The number of nitrogens with zero attached hydrogens (tertiary/aromatic N) is 2.